The molecule has 3 nitrogen and oxygen atoms in total. The number of hydrogen-bond donors (Lipinski definition) is 0. The van der Waals surface area contributed by atoms with E-state index in [0.29, 0.717) is 5.56 Å². The van der Waals surface area contributed by atoms with Crippen LogP contribution in [0.1, 0.15) is 21.7 Å². The average Bonchev–Trinajstić information content (AvgIpc) is 3.15. The third-order valence-corrected chi connectivity index (χ3v) is 5.47. The molecule has 0 atom stereocenters. The van der Waals surface area contributed by atoms with E-state index in [2.05, 4.69) is 18.2 Å². The second-order valence-electron chi connectivity index (χ2n) is 5.97. The van der Waals surface area contributed by atoms with E-state index in [-0.39, 0.29) is 5.97 Å². The van der Waals surface area contributed by atoms with Crippen molar-refractivity contribution in [3.05, 3.63) is 65.6 Å². The summed E-state index contributed by atoms with van der Waals surface area (Å²) < 4.78 is 10.7. The highest BCUT2D eigenvalue weighted by Crippen LogP contribution is 2.45. The molecule has 1 aliphatic rings. The topological polar surface area (TPSA) is 39.4 Å². The maximum absolute atomic E-state index is 12.6. The van der Waals surface area contributed by atoms with Crippen molar-refractivity contribution < 1.29 is 13.9 Å². The molecule has 2 aromatic carbocycles. The van der Waals surface area contributed by atoms with Gasteiger partial charge in [-0.2, -0.15) is 0 Å². The second kappa shape index (κ2) is 6.45. The minimum atomic E-state index is -0.297. The zero-order valence-corrected chi connectivity index (χ0v) is 15.0. The average molecular weight is 350 g/mol. The number of rotatable bonds is 3. The van der Waals surface area contributed by atoms with Crippen molar-refractivity contribution in [2.45, 2.75) is 17.7 Å². The Kier molecular flexibility index (Phi) is 4.14. The highest BCUT2D eigenvalue weighted by atomic mass is 32.2. The summed E-state index contributed by atoms with van der Waals surface area (Å²) in [5.74, 6) is 0.643. The lowest BCUT2D eigenvalue weighted by molar-refractivity contribution is 0.0597. The predicted octanol–water partition coefficient (Wildman–Crippen LogP) is 5.22. The third-order valence-electron chi connectivity index (χ3n) is 4.71. The van der Waals surface area contributed by atoms with Gasteiger partial charge in [0.1, 0.15) is 5.76 Å². The smallest absolute Gasteiger partial charge is 0.339 e. The van der Waals surface area contributed by atoms with Crippen LogP contribution < -0.4 is 0 Å². The van der Waals surface area contributed by atoms with Crippen LogP contribution in [0.2, 0.25) is 0 Å². The summed E-state index contributed by atoms with van der Waals surface area (Å²) in [5, 5.41) is 0. The second-order valence-corrected chi connectivity index (χ2v) is 6.82. The Morgan fingerprint density at radius 2 is 1.92 bits per heavy atom. The van der Waals surface area contributed by atoms with E-state index in [4.69, 9.17) is 9.15 Å². The molecule has 0 bridgehead atoms. The molecule has 0 aliphatic heterocycles. The Balaban J connectivity index is 2.09. The van der Waals surface area contributed by atoms with Crippen LogP contribution in [0.4, 0.5) is 0 Å². The number of ether oxygens (including phenoxy) is 1. The molecular formula is C21H18O3S. The third kappa shape index (κ3) is 2.57. The fourth-order valence-electron chi connectivity index (χ4n) is 3.59. The van der Waals surface area contributed by atoms with Gasteiger partial charge >= 0.3 is 5.97 Å². The van der Waals surface area contributed by atoms with Gasteiger partial charge in [0.05, 0.1) is 18.9 Å². The summed E-state index contributed by atoms with van der Waals surface area (Å²) >= 11 is 1.57. The Bertz CT molecular complexity index is 941. The number of carbonyl (C=O) groups excluding carboxylic acids is 1. The van der Waals surface area contributed by atoms with Crippen molar-refractivity contribution in [2.75, 3.05) is 13.4 Å². The number of benzene rings is 2. The number of fused-ring (bicyclic) bond motifs is 3. The van der Waals surface area contributed by atoms with Crippen molar-refractivity contribution in [3.8, 4) is 22.3 Å². The number of aryl methyl sites for hydroxylation is 1. The maximum Gasteiger partial charge on any atom is 0.339 e. The van der Waals surface area contributed by atoms with Crippen molar-refractivity contribution in [2.24, 2.45) is 0 Å². The van der Waals surface area contributed by atoms with Crippen molar-refractivity contribution in [1.82, 2.24) is 0 Å². The van der Waals surface area contributed by atoms with E-state index < -0.39 is 0 Å². The lowest BCUT2D eigenvalue weighted by Crippen LogP contribution is -2.13. The molecule has 1 aromatic heterocycles. The van der Waals surface area contributed by atoms with Crippen LogP contribution in [-0.4, -0.2) is 19.3 Å². The van der Waals surface area contributed by atoms with Gasteiger partial charge in [-0.25, -0.2) is 4.79 Å². The number of hydrogen-bond acceptors (Lipinski definition) is 4. The normalized spacial score (nSPS) is 12.4. The number of esters is 1. The van der Waals surface area contributed by atoms with Crippen molar-refractivity contribution in [3.63, 3.8) is 0 Å². The van der Waals surface area contributed by atoms with Gasteiger partial charge in [0.25, 0.3) is 0 Å². The zero-order chi connectivity index (χ0) is 17.4. The molecule has 0 saturated carbocycles. The maximum atomic E-state index is 12.6. The lowest BCUT2D eigenvalue weighted by Gasteiger charge is -2.24. The molecule has 0 spiro atoms. The first kappa shape index (κ1) is 16.0. The quantitative estimate of drug-likeness (QED) is 0.479. The van der Waals surface area contributed by atoms with Crippen LogP contribution in [0.5, 0.6) is 0 Å². The van der Waals surface area contributed by atoms with Crippen LogP contribution in [0.25, 0.3) is 22.3 Å². The number of methoxy groups -OCH3 is 1. The molecule has 4 rings (SSSR count). The van der Waals surface area contributed by atoms with E-state index in [1.54, 1.807) is 18.0 Å². The molecule has 126 valence electrons. The predicted molar refractivity (Wildman–Crippen MR) is 100 cm³/mol. The molecule has 0 saturated heterocycles. The molecule has 1 heterocycles. The molecule has 0 unspecified atom stereocenters. The van der Waals surface area contributed by atoms with Gasteiger partial charge in [-0.1, -0.05) is 30.3 Å². The first-order valence-corrected chi connectivity index (χ1v) is 9.41. The molecule has 25 heavy (non-hydrogen) atoms. The van der Waals surface area contributed by atoms with Crippen LogP contribution >= 0.6 is 11.8 Å². The van der Waals surface area contributed by atoms with Crippen LogP contribution in [0.15, 0.2) is 58.0 Å². The van der Waals surface area contributed by atoms with Crippen LogP contribution in [-0.2, 0) is 17.6 Å². The summed E-state index contributed by atoms with van der Waals surface area (Å²) in [6.45, 7) is 0. The number of furan rings is 1. The minimum Gasteiger partial charge on any atom is -0.469 e. The Hall–Kier alpha value is -2.46. The number of carbonyl (C=O) groups is 1. The first-order chi connectivity index (χ1) is 12.2. The van der Waals surface area contributed by atoms with Gasteiger partial charge in [0.15, 0.2) is 0 Å². The van der Waals surface area contributed by atoms with E-state index in [1.807, 2.05) is 30.5 Å². The van der Waals surface area contributed by atoms with Gasteiger partial charge in [-0.15, -0.1) is 11.8 Å². The SMILES string of the molecule is COC(=O)c1c(SC)cc(-c2ccccc2)c2c1-c1ccoc1CC2. The summed E-state index contributed by atoms with van der Waals surface area (Å²) in [6, 6.07) is 14.4. The molecule has 0 radical (unpaired) electrons. The molecule has 0 fully saturated rings. The van der Waals surface area contributed by atoms with Crippen molar-refractivity contribution >= 4 is 17.7 Å². The number of thioether (sulfide) groups is 1. The van der Waals surface area contributed by atoms with Gasteiger partial charge in [-0.05, 0) is 41.5 Å². The fourth-order valence-corrected chi connectivity index (χ4v) is 4.22. The summed E-state index contributed by atoms with van der Waals surface area (Å²) in [5.41, 5.74) is 6.16. The van der Waals surface area contributed by atoms with Crippen LogP contribution in [0.3, 0.4) is 0 Å². The van der Waals surface area contributed by atoms with Gasteiger partial charge in [-0.3, -0.25) is 0 Å². The van der Waals surface area contributed by atoms with E-state index >= 15 is 0 Å². The molecule has 0 amide bonds. The fraction of sp³-hybridized carbons (Fsp3) is 0.190. The first-order valence-electron chi connectivity index (χ1n) is 8.19. The Morgan fingerprint density at radius 3 is 2.64 bits per heavy atom. The van der Waals surface area contributed by atoms with E-state index in [9.17, 15) is 4.79 Å². The standard InChI is InChI=1S/C21H18O3S/c1-23-21(22)20-18(25-2)12-16(13-6-4-3-5-7-13)14-8-9-17-15(19(14)20)10-11-24-17/h3-7,10-12H,8-9H2,1-2H3. The summed E-state index contributed by atoms with van der Waals surface area (Å²) in [4.78, 5) is 13.5. The van der Waals surface area contributed by atoms with Gasteiger partial charge in [0, 0.05) is 22.4 Å². The molecule has 1 aliphatic carbocycles. The monoisotopic (exact) mass is 350 g/mol. The van der Waals surface area contributed by atoms with Gasteiger partial charge in [0.2, 0.25) is 0 Å². The minimum absolute atomic E-state index is 0.297. The summed E-state index contributed by atoms with van der Waals surface area (Å²) in [7, 11) is 1.43. The molecule has 3 aromatic rings. The van der Waals surface area contributed by atoms with Gasteiger partial charge < -0.3 is 9.15 Å². The van der Waals surface area contributed by atoms with E-state index in [1.165, 1.54) is 18.2 Å². The largest absolute Gasteiger partial charge is 0.469 e. The molecular weight excluding hydrogens is 332 g/mol. The van der Waals surface area contributed by atoms with Crippen LogP contribution in [0, 0.1) is 0 Å². The highest BCUT2D eigenvalue weighted by Gasteiger charge is 2.29. The summed E-state index contributed by atoms with van der Waals surface area (Å²) in [6.07, 6.45) is 5.38. The Labute approximate surface area is 151 Å². The molecule has 0 N–H and O–H groups in total. The van der Waals surface area contributed by atoms with Crippen molar-refractivity contribution in [1.29, 1.82) is 0 Å². The lowest BCUT2D eigenvalue weighted by atomic mass is 9.82. The Morgan fingerprint density at radius 1 is 1.12 bits per heavy atom. The zero-order valence-electron chi connectivity index (χ0n) is 14.2. The van der Waals surface area contributed by atoms with E-state index in [0.717, 1.165) is 40.2 Å². The molecule has 4 heteroatoms. The highest BCUT2D eigenvalue weighted by molar-refractivity contribution is 7.98.